The molecule has 1 aromatic carbocycles. The fraction of sp³-hybridized carbons (Fsp3) is 0.316. The smallest absolute Gasteiger partial charge is 0.179 e. The number of hydrogen-bond acceptors (Lipinski definition) is 8. The molecule has 0 saturated carbocycles. The first-order valence-corrected chi connectivity index (χ1v) is 10.7. The first kappa shape index (κ1) is 19.8. The number of pyridine rings is 1. The first-order chi connectivity index (χ1) is 13.3. The van der Waals surface area contributed by atoms with Gasteiger partial charge in [0.1, 0.15) is 29.7 Å². The average molecular weight is 401 g/mol. The molecule has 2 heterocycles. The molecule has 0 spiro atoms. The number of anilines is 2. The summed E-state index contributed by atoms with van der Waals surface area (Å²) in [5.74, 6) is 0.975. The van der Waals surface area contributed by atoms with Gasteiger partial charge in [-0.1, -0.05) is 23.4 Å². The Labute approximate surface area is 165 Å². The summed E-state index contributed by atoms with van der Waals surface area (Å²) in [5.41, 5.74) is 2.02. The minimum atomic E-state index is -3.48. The molecule has 0 amide bonds. The zero-order valence-corrected chi connectivity index (χ0v) is 17.1. The van der Waals surface area contributed by atoms with Crippen molar-refractivity contribution in [3.8, 4) is 0 Å². The minimum absolute atomic E-state index is 0.143. The lowest BCUT2D eigenvalue weighted by atomic mass is 10.2. The third kappa shape index (κ3) is 4.14. The SMILES string of the molecule is CCO/N=C(\C)c1ccc(S(C)(=O)=O)c(N2CN(c3ccccc3)N=C2C)n1. The standard InChI is InChI=1S/C19H23N5O3S/c1-5-27-22-14(2)17-11-12-18(28(4,25)26)19(20-17)23-13-24(21-15(23)3)16-9-7-6-8-10-16/h6-12H,5,13H2,1-4H3/b22-14+. The highest BCUT2D eigenvalue weighted by molar-refractivity contribution is 7.90. The number of nitrogens with zero attached hydrogens (tertiary/aromatic N) is 5. The van der Waals surface area contributed by atoms with Crippen LogP contribution in [-0.2, 0) is 14.7 Å². The summed E-state index contributed by atoms with van der Waals surface area (Å²) in [5, 5.41) is 10.4. The number of amidine groups is 1. The second kappa shape index (κ2) is 7.97. The predicted octanol–water partition coefficient (Wildman–Crippen LogP) is 2.86. The van der Waals surface area contributed by atoms with E-state index < -0.39 is 9.84 Å². The van der Waals surface area contributed by atoms with E-state index >= 15 is 0 Å². The summed E-state index contributed by atoms with van der Waals surface area (Å²) in [6.45, 7) is 6.23. The summed E-state index contributed by atoms with van der Waals surface area (Å²) < 4.78 is 24.7. The van der Waals surface area contributed by atoms with Gasteiger partial charge in [0.2, 0.25) is 0 Å². The van der Waals surface area contributed by atoms with E-state index in [0.29, 0.717) is 36.3 Å². The number of hydrazone groups is 1. The Morgan fingerprint density at radius 3 is 2.57 bits per heavy atom. The molecule has 28 heavy (non-hydrogen) atoms. The summed E-state index contributed by atoms with van der Waals surface area (Å²) >= 11 is 0. The van der Waals surface area contributed by atoms with E-state index in [1.54, 1.807) is 29.0 Å². The number of para-hydroxylation sites is 1. The van der Waals surface area contributed by atoms with E-state index in [0.717, 1.165) is 5.69 Å². The van der Waals surface area contributed by atoms with Crippen LogP contribution in [0.25, 0.3) is 0 Å². The Morgan fingerprint density at radius 2 is 1.93 bits per heavy atom. The Bertz CT molecular complexity index is 1020. The van der Waals surface area contributed by atoms with E-state index in [1.807, 2.05) is 44.2 Å². The highest BCUT2D eigenvalue weighted by atomic mass is 32.2. The summed E-state index contributed by atoms with van der Waals surface area (Å²) in [6.07, 6.45) is 1.17. The zero-order valence-electron chi connectivity index (χ0n) is 16.3. The lowest BCUT2D eigenvalue weighted by molar-refractivity contribution is 0.159. The summed E-state index contributed by atoms with van der Waals surface area (Å²) in [6, 6.07) is 12.9. The van der Waals surface area contributed by atoms with Gasteiger partial charge in [0.25, 0.3) is 0 Å². The van der Waals surface area contributed by atoms with E-state index in [-0.39, 0.29) is 4.90 Å². The van der Waals surface area contributed by atoms with Crippen molar-refractivity contribution in [2.24, 2.45) is 10.3 Å². The van der Waals surface area contributed by atoms with Gasteiger partial charge >= 0.3 is 0 Å². The van der Waals surface area contributed by atoms with Crippen LogP contribution in [0.3, 0.4) is 0 Å². The van der Waals surface area contributed by atoms with Crippen molar-refractivity contribution >= 4 is 32.9 Å². The maximum atomic E-state index is 12.3. The third-order valence-corrected chi connectivity index (χ3v) is 5.30. The van der Waals surface area contributed by atoms with Gasteiger partial charge in [-0.15, -0.1) is 0 Å². The summed E-state index contributed by atoms with van der Waals surface area (Å²) in [4.78, 5) is 11.6. The van der Waals surface area contributed by atoms with Gasteiger partial charge in [0.15, 0.2) is 15.7 Å². The van der Waals surface area contributed by atoms with Gasteiger partial charge in [-0.05, 0) is 45.0 Å². The van der Waals surface area contributed by atoms with Crippen LogP contribution in [0.1, 0.15) is 26.5 Å². The molecule has 9 heteroatoms. The largest absolute Gasteiger partial charge is 0.396 e. The number of benzene rings is 1. The van der Waals surface area contributed by atoms with Gasteiger partial charge in [0, 0.05) is 6.26 Å². The van der Waals surface area contributed by atoms with E-state index in [2.05, 4.69) is 15.2 Å². The van der Waals surface area contributed by atoms with Crippen molar-refractivity contribution in [1.29, 1.82) is 0 Å². The van der Waals surface area contributed by atoms with E-state index in [1.165, 1.54) is 6.26 Å². The Morgan fingerprint density at radius 1 is 1.21 bits per heavy atom. The number of sulfone groups is 1. The molecular weight excluding hydrogens is 378 g/mol. The fourth-order valence-electron chi connectivity index (χ4n) is 2.78. The number of hydrogen-bond donors (Lipinski definition) is 0. The summed E-state index contributed by atoms with van der Waals surface area (Å²) in [7, 11) is -3.48. The number of aromatic nitrogens is 1. The minimum Gasteiger partial charge on any atom is -0.396 e. The molecule has 8 nitrogen and oxygen atoms in total. The topological polar surface area (TPSA) is 87.5 Å². The number of oxime groups is 1. The maximum Gasteiger partial charge on any atom is 0.179 e. The molecule has 0 saturated heterocycles. The van der Waals surface area contributed by atoms with Gasteiger partial charge in [-0.3, -0.25) is 4.90 Å². The number of rotatable bonds is 6. The Balaban J connectivity index is 2.03. The van der Waals surface area contributed by atoms with Crippen LogP contribution < -0.4 is 9.91 Å². The highest BCUT2D eigenvalue weighted by Crippen LogP contribution is 2.29. The lowest BCUT2D eigenvalue weighted by Crippen LogP contribution is -2.32. The lowest BCUT2D eigenvalue weighted by Gasteiger charge is -2.22. The van der Waals surface area contributed by atoms with Crippen LogP contribution >= 0.6 is 0 Å². The molecule has 3 rings (SSSR count). The fourth-order valence-corrected chi connectivity index (χ4v) is 3.59. The van der Waals surface area contributed by atoms with Crippen molar-refractivity contribution < 1.29 is 13.3 Å². The Kier molecular flexibility index (Phi) is 5.64. The molecule has 0 atom stereocenters. The molecular formula is C19H23N5O3S. The van der Waals surface area contributed by atoms with Gasteiger partial charge in [-0.25, -0.2) is 18.4 Å². The third-order valence-electron chi connectivity index (χ3n) is 4.18. The molecule has 0 bridgehead atoms. The molecule has 148 valence electrons. The molecule has 0 N–H and O–H groups in total. The normalized spacial score (nSPS) is 15.0. The predicted molar refractivity (Wildman–Crippen MR) is 111 cm³/mol. The molecule has 2 aromatic rings. The monoisotopic (exact) mass is 401 g/mol. The van der Waals surface area contributed by atoms with Crippen molar-refractivity contribution in [2.75, 3.05) is 29.4 Å². The molecule has 1 aromatic heterocycles. The Hall–Kier alpha value is -2.94. The van der Waals surface area contributed by atoms with Gasteiger partial charge < -0.3 is 4.84 Å². The van der Waals surface area contributed by atoms with Crippen LogP contribution in [0, 0.1) is 0 Å². The quantitative estimate of drug-likeness (QED) is 0.546. The van der Waals surface area contributed by atoms with Crippen molar-refractivity contribution in [3.63, 3.8) is 0 Å². The van der Waals surface area contributed by atoms with E-state index in [9.17, 15) is 8.42 Å². The van der Waals surface area contributed by atoms with Crippen LogP contribution in [0.5, 0.6) is 0 Å². The van der Waals surface area contributed by atoms with Crippen molar-refractivity contribution in [2.45, 2.75) is 25.7 Å². The molecule has 0 radical (unpaired) electrons. The van der Waals surface area contributed by atoms with Gasteiger partial charge in [0.05, 0.1) is 11.4 Å². The average Bonchev–Trinajstić information content (AvgIpc) is 3.07. The van der Waals surface area contributed by atoms with Crippen LogP contribution in [0.15, 0.2) is 57.6 Å². The van der Waals surface area contributed by atoms with Crippen LogP contribution in [-0.4, -0.2) is 44.5 Å². The van der Waals surface area contributed by atoms with Crippen LogP contribution in [0.4, 0.5) is 11.5 Å². The first-order valence-electron chi connectivity index (χ1n) is 8.84. The van der Waals surface area contributed by atoms with Crippen molar-refractivity contribution in [1.82, 2.24) is 4.98 Å². The molecule has 1 aliphatic heterocycles. The second-order valence-electron chi connectivity index (χ2n) is 6.34. The molecule has 0 unspecified atom stereocenters. The zero-order chi connectivity index (χ0) is 20.3. The molecule has 0 fully saturated rings. The molecule has 1 aliphatic rings. The van der Waals surface area contributed by atoms with E-state index in [4.69, 9.17) is 4.84 Å². The second-order valence-corrected chi connectivity index (χ2v) is 8.32. The van der Waals surface area contributed by atoms with Gasteiger partial charge in [-0.2, -0.15) is 5.10 Å². The molecule has 0 aliphatic carbocycles. The highest BCUT2D eigenvalue weighted by Gasteiger charge is 2.28. The van der Waals surface area contributed by atoms with Crippen molar-refractivity contribution in [3.05, 3.63) is 48.2 Å². The maximum absolute atomic E-state index is 12.3. The van der Waals surface area contributed by atoms with Crippen LogP contribution in [0.2, 0.25) is 0 Å².